The highest BCUT2D eigenvalue weighted by Gasteiger charge is 2.35. The molecule has 1 fully saturated rings. The predicted octanol–water partition coefficient (Wildman–Crippen LogP) is 2.01. The lowest BCUT2D eigenvalue weighted by atomic mass is 9.95. The summed E-state index contributed by atoms with van der Waals surface area (Å²) in [6.45, 7) is 5.60. The van der Waals surface area contributed by atoms with Crippen LogP contribution in [0.4, 0.5) is 0 Å². The molecule has 1 aliphatic heterocycles. The van der Waals surface area contributed by atoms with Gasteiger partial charge in [0.05, 0.1) is 0 Å². The highest BCUT2D eigenvalue weighted by Crippen LogP contribution is 2.32. The van der Waals surface area contributed by atoms with E-state index in [1.165, 1.54) is 0 Å². The summed E-state index contributed by atoms with van der Waals surface area (Å²) in [5.74, 6) is 1.78. The molecule has 0 aromatic carbocycles. The minimum Gasteiger partial charge on any atom is -0.367 e. The van der Waals surface area contributed by atoms with Crippen molar-refractivity contribution in [1.82, 2.24) is 10.1 Å². The van der Waals surface area contributed by atoms with Crippen LogP contribution in [0.5, 0.6) is 0 Å². The highest BCUT2D eigenvalue weighted by atomic mass is 16.5. The Bertz CT molecular complexity index is 368. The molecule has 1 aliphatic rings. The lowest BCUT2D eigenvalue weighted by Gasteiger charge is -2.30. The molecular formula is C13H23N3O2. The second-order valence-corrected chi connectivity index (χ2v) is 5.26. The van der Waals surface area contributed by atoms with Crippen molar-refractivity contribution in [3.8, 4) is 0 Å². The summed E-state index contributed by atoms with van der Waals surface area (Å²) in [6.07, 6.45) is 5.02. The largest absolute Gasteiger partial charge is 0.367 e. The zero-order valence-electron chi connectivity index (χ0n) is 11.3. The van der Waals surface area contributed by atoms with Crippen molar-refractivity contribution in [2.24, 2.45) is 11.7 Å². The van der Waals surface area contributed by atoms with E-state index in [1.54, 1.807) is 0 Å². The zero-order valence-corrected chi connectivity index (χ0v) is 11.3. The van der Waals surface area contributed by atoms with Gasteiger partial charge in [0.2, 0.25) is 11.7 Å². The van der Waals surface area contributed by atoms with Gasteiger partial charge < -0.3 is 15.0 Å². The molecule has 0 bridgehead atoms. The molecule has 102 valence electrons. The summed E-state index contributed by atoms with van der Waals surface area (Å²) < 4.78 is 11.1. The average molecular weight is 253 g/mol. The standard InChI is InChI=1S/C13H23N3O2/c1-3-10(9-14)8-11-15-12(16-18-11)13(2)6-4-5-7-17-13/h10H,3-9,14H2,1-2H3. The van der Waals surface area contributed by atoms with Gasteiger partial charge in [0.25, 0.3) is 0 Å². The summed E-state index contributed by atoms with van der Waals surface area (Å²) in [7, 11) is 0. The van der Waals surface area contributed by atoms with Gasteiger partial charge in [0, 0.05) is 13.0 Å². The maximum Gasteiger partial charge on any atom is 0.227 e. The minimum absolute atomic E-state index is 0.371. The van der Waals surface area contributed by atoms with Crippen LogP contribution < -0.4 is 5.73 Å². The molecule has 0 saturated carbocycles. The van der Waals surface area contributed by atoms with E-state index < -0.39 is 0 Å². The molecule has 0 amide bonds. The van der Waals surface area contributed by atoms with E-state index in [9.17, 15) is 0 Å². The second-order valence-electron chi connectivity index (χ2n) is 5.26. The second kappa shape index (κ2) is 5.80. The van der Waals surface area contributed by atoms with Crippen molar-refractivity contribution in [2.75, 3.05) is 13.2 Å². The molecule has 2 atom stereocenters. The van der Waals surface area contributed by atoms with E-state index >= 15 is 0 Å². The number of hydrogen-bond donors (Lipinski definition) is 1. The Hall–Kier alpha value is -0.940. The fourth-order valence-electron chi connectivity index (χ4n) is 2.30. The molecule has 18 heavy (non-hydrogen) atoms. The Morgan fingerprint density at radius 2 is 2.28 bits per heavy atom. The van der Waals surface area contributed by atoms with E-state index in [2.05, 4.69) is 17.1 Å². The van der Waals surface area contributed by atoms with Crippen LogP contribution in [0.25, 0.3) is 0 Å². The maximum absolute atomic E-state index is 5.81. The van der Waals surface area contributed by atoms with Gasteiger partial charge in [0.1, 0.15) is 5.60 Å². The first-order valence-corrected chi connectivity index (χ1v) is 6.85. The Labute approximate surface area is 108 Å². The number of nitrogens with two attached hydrogens (primary N) is 1. The summed E-state index contributed by atoms with van der Waals surface area (Å²) in [5, 5.41) is 4.08. The monoisotopic (exact) mass is 253 g/mol. The first kappa shape index (κ1) is 13.5. The molecule has 2 rings (SSSR count). The highest BCUT2D eigenvalue weighted by molar-refractivity contribution is 5.01. The quantitative estimate of drug-likeness (QED) is 0.869. The van der Waals surface area contributed by atoms with Crippen molar-refractivity contribution < 1.29 is 9.26 Å². The van der Waals surface area contributed by atoms with Crippen LogP contribution in [-0.2, 0) is 16.8 Å². The van der Waals surface area contributed by atoms with Crippen LogP contribution in [0.2, 0.25) is 0 Å². The molecule has 5 nitrogen and oxygen atoms in total. The molecule has 5 heteroatoms. The van der Waals surface area contributed by atoms with Gasteiger partial charge in [-0.1, -0.05) is 18.5 Å². The van der Waals surface area contributed by atoms with Crippen molar-refractivity contribution in [3.63, 3.8) is 0 Å². The van der Waals surface area contributed by atoms with Crippen LogP contribution in [0.3, 0.4) is 0 Å². The summed E-state index contributed by atoms with van der Waals surface area (Å²) in [5.41, 5.74) is 5.32. The fourth-order valence-corrected chi connectivity index (χ4v) is 2.30. The molecule has 2 heterocycles. The van der Waals surface area contributed by atoms with Crippen molar-refractivity contribution in [3.05, 3.63) is 11.7 Å². The topological polar surface area (TPSA) is 74.2 Å². The Balaban J connectivity index is 2.05. The first-order chi connectivity index (χ1) is 8.68. The third kappa shape index (κ3) is 2.90. The fraction of sp³-hybridized carbons (Fsp3) is 0.846. The number of aromatic nitrogens is 2. The molecule has 1 aromatic heterocycles. The molecular weight excluding hydrogens is 230 g/mol. The van der Waals surface area contributed by atoms with Gasteiger partial charge in [-0.15, -0.1) is 0 Å². The summed E-state index contributed by atoms with van der Waals surface area (Å²) >= 11 is 0. The summed E-state index contributed by atoms with van der Waals surface area (Å²) in [6, 6.07) is 0. The van der Waals surface area contributed by atoms with Gasteiger partial charge in [-0.25, -0.2) is 0 Å². The molecule has 0 aliphatic carbocycles. The zero-order chi connectivity index (χ0) is 13.0. The van der Waals surface area contributed by atoms with Crippen molar-refractivity contribution in [1.29, 1.82) is 0 Å². The van der Waals surface area contributed by atoms with Crippen LogP contribution in [0, 0.1) is 5.92 Å². The lowest BCUT2D eigenvalue weighted by molar-refractivity contribution is -0.0770. The van der Waals surface area contributed by atoms with E-state index in [1.807, 2.05) is 6.92 Å². The number of ether oxygens (including phenoxy) is 1. The van der Waals surface area contributed by atoms with Crippen molar-refractivity contribution >= 4 is 0 Å². The molecule has 1 aromatic rings. The Kier molecular flexibility index (Phi) is 4.35. The third-order valence-electron chi connectivity index (χ3n) is 3.78. The third-order valence-corrected chi connectivity index (χ3v) is 3.78. The van der Waals surface area contributed by atoms with Gasteiger partial charge >= 0.3 is 0 Å². The van der Waals surface area contributed by atoms with E-state index in [0.29, 0.717) is 24.2 Å². The Morgan fingerprint density at radius 3 is 2.89 bits per heavy atom. The first-order valence-electron chi connectivity index (χ1n) is 6.85. The van der Waals surface area contributed by atoms with Gasteiger partial charge in [0.15, 0.2) is 0 Å². The summed E-state index contributed by atoms with van der Waals surface area (Å²) in [4.78, 5) is 4.48. The minimum atomic E-state index is -0.371. The number of rotatable bonds is 5. The van der Waals surface area contributed by atoms with Crippen LogP contribution in [-0.4, -0.2) is 23.3 Å². The maximum atomic E-state index is 5.81. The number of nitrogens with zero attached hydrogens (tertiary/aromatic N) is 2. The van der Waals surface area contributed by atoms with Gasteiger partial charge in [-0.2, -0.15) is 4.98 Å². The van der Waals surface area contributed by atoms with Crippen LogP contribution in [0.15, 0.2) is 4.52 Å². The van der Waals surface area contributed by atoms with Crippen molar-refractivity contribution in [2.45, 2.75) is 51.6 Å². The van der Waals surface area contributed by atoms with Gasteiger partial charge in [-0.05, 0) is 38.6 Å². The molecule has 0 radical (unpaired) electrons. The van der Waals surface area contributed by atoms with E-state index in [4.69, 9.17) is 15.0 Å². The molecule has 2 N–H and O–H groups in total. The normalized spacial score (nSPS) is 26.2. The molecule has 0 spiro atoms. The molecule has 1 saturated heterocycles. The average Bonchev–Trinajstić information content (AvgIpc) is 2.86. The SMILES string of the molecule is CCC(CN)Cc1nc(C2(C)CCCCO2)no1. The van der Waals surface area contributed by atoms with Crippen LogP contribution in [0.1, 0.15) is 51.2 Å². The predicted molar refractivity (Wildman–Crippen MR) is 68.0 cm³/mol. The Morgan fingerprint density at radius 1 is 1.44 bits per heavy atom. The smallest absolute Gasteiger partial charge is 0.227 e. The van der Waals surface area contributed by atoms with E-state index in [-0.39, 0.29) is 5.60 Å². The van der Waals surface area contributed by atoms with E-state index in [0.717, 1.165) is 38.7 Å². The lowest BCUT2D eigenvalue weighted by Crippen LogP contribution is -2.31. The number of hydrogen-bond acceptors (Lipinski definition) is 5. The van der Waals surface area contributed by atoms with Crippen LogP contribution >= 0.6 is 0 Å². The van der Waals surface area contributed by atoms with Gasteiger partial charge in [-0.3, -0.25) is 0 Å². The molecule has 2 unspecified atom stereocenters.